The molecule has 154 valence electrons. The second-order valence-corrected chi connectivity index (χ2v) is 7.84. The van der Waals surface area contributed by atoms with Gasteiger partial charge in [0.05, 0.1) is 18.8 Å². The van der Waals surface area contributed by atoms with Crippen molar-refractivity contribution in [2.45, 2.75) is 33.6 Å². The van der Waals surface area contributed by atoms with E-state index in [-0.39, 0.29) is 24.3 Å². The molecule has 1 aliphatic rings. The van der Waals surface area contributed by atoms with Crippen molar-refractivity contribution in [3.05, 3.63) is 48.0 Å². The molecule has 0 heterocycles. The van der Waals surface area contributed by atoms with Crippen LogP contribution in [0.25, 0.3) is 0 Å². The highest BCUT2D eigenvalue weighted by Crippen LogP contribution is 2.31. The van der Waals surface area contributed by atoms with Crippen LogP contribution in [0.3, 0.4) is 0 Å². The molecule has 2 aromatic rings. The molecule has 0 spiro atoms. The Morgan fingerprint density at radius 2 is 1.66 bits per heavy atom. The second-order valence-electron chi connectivity index (χ2n) is 7.84. The van der Waals surface area contributed by atoms with Crippen molar-refractivity contribution in [2.24, 2.45) is 11.8 Å². The predicted molar refractivity (Wildman–Crippen MR) is 116 cm³/mol. The first-order chi connectivity index (χ1) is 13.9. The Balaban J connectivity index is 1.58. The monoisotopic (exact) mass is 395 g/mol. The maximum atomic E-state index is 12.5. The van der Waals surface area contributed by atoms with Crippen LogP contribution >= 0.6 is 0 Å². The van der Waals surface area contributed by atoms with Crippen molar-refractivity contribution >= 4 is 28.9 Å². The summed E-state index contributed by atoms with van der Waals surface area (Å²) in [7, 11) is 0. The summed E-state index contributed by atoms with van der Waals surface area (Å²) in [6.45, 7) is 6.80. The van der Waals surface area contributed by atoms with Crippen LogP contribution in [0.2, 0.25) is 0 Å². The van der Waals surface area contributed by atoms with E-state index >= 15 is 0 Å². The van der Waals surface area contributed by atoms with Crippen molar-refractivity contribution in [1.29, 1.82) is 0 Å². The van der Waals surface area contributed by atoms with Crippen molar-refractivity contribution in [3.63, 3.8) is 0 Å². The van der Waals surface area contributed by atoms with Crippen molar-refractivity contribution < 1.29 is 14.3 Å². The number of carbonyl (C=O) groups is 2. The molecule has 6 nitrogen and oxygen atoms in total. The van der Waals surface area contributed by atoms with Crippen LogP contribution in [0.1, 0.15) is 32.3 Å². The molecule has 0 atom stereocenters. The summed E-state index contributed by atoms with van der Waals surface area (Å²) in [6.07, 6.45) is 1.91. The number of benzene rings is 2. The first-order valence-corrected chi connectivity index (χ1v) is 10.1. The number of ether oxygens (including phenoxy) is 1. The second kappa shape index (κ2) is 9.45. The molecule has 3 rings (SSSR count). The SMILES string of the molecule is Cc1c(NC(=O)CNc2ccccc2OCC(C)C)cccc1NC(=O)C1CC1. The van der Waals surface area contributed by atoms with Gasteiger partial charge in [-0.3, -0.25) is 9.59 Å². The molecular formula is C23H29N3O3. The number of para-hydroxylation sites is 2. The molecule has 6 heteroatoms. The van der Waals surface area contributed by atoms with Crippen LogP contribution in [-0.2, 0) is 9.59 Å². The van der Waals surface area contributed by atoms with E-state index in [1.807, 2.05) is 49.4 Å². The molecule has 0 aliphatic heterocycles. The van der Waals surface area contributed by atoms with Crippen molar-refractivity contribution in [2.75, 3.05) is 29.1 Å². The first kappa shape index (κ1) is 20.7. The molecule has 1 saturated carbocycles. The summed E-state index contributed by atoms with van der Waals surface area (Å²) in [4.78, 5) is 24.5. The predicted octanol–water partition coefficient (Wildman–Crippen LogP) is 4.43. The summed E-state index contributed by atoms with van der Waals surface area (Å²) in [5.74, 6) is 1.17. The Morgan fingerprint density at radius 3 is 2.34 bits per heavy atom. The molecule has 2 aromatic carbocycles. The average molecular weight is 396 g/mol. The van der Waals surface area contributed by atoms with E-state index in [0.717, 1.165) is 35.5 Å². The summed E-state index contributed by atoms with van der Waals surface area (Å²) >= 11 is 0. The van der Waals surface area contributed by atoms with Gasteiger partial charge >= 0.3 is 0 Å². The number of anilines is 3. The standard InChI is InChI=1S/C23H29N3O3/c1-15(2)14-29-21-10-5-4-7-20(21)24-13-22(27)25-18-8-6-9-19(16(18)3)26-23(28)17-11-12-17/h4-10,15,17,24H,11-14H2,1-3H3,(H,25,27)(H,26,28). The van der Waals surface area contributed by atoms with Gasteiger partial charge in [0.15, 0.2) is 0 Å². The van der Waals surface area contributed by atoms with Crippen LogP contribution in [-0.4, -0.2) is 25.0 Å². The molecule has 3 N–H and O–H groups in total. The minimum absolute atomic E-state index is 0.0521. The fraction of sp³-hybridized carbons (Fsp3) is 0.391. The quantitative estimate of drug-likeness (QED) is 0.587. The van der Waals surface area contributed by atoms with E-state index in [0.29, 0.717) is 18.2 Å². The first-order valence-electron chi connectivity index (χ1n) is 10.1. The number of rotatable bonds is 9. The molecule has 0 saturated heterocycles. The summed E-state index contributed by atoms with van der Waals surface area (Å²) < 4.78 is 5.81. The minimum atomic E-state index is -0.169. The Kier molecular flexibility index (Phi) is 6.75. The Hall–Kier alpha value is -3.02. The normalized spacial score (nSPS) is 13.1. The molecule has 0 bridgehead atoms. The molecule has 0 radical (unpaired) electrons. The summed E-state index contributed by atoms with van der Waals surface area (Å²) in [6, 6.07) is 13.1. The van der Waals surface area contributed by atoms with Gasteiger partial charge in [-0.25, -0.2) is 0 Å². The number of carbonyl (C=O) groups excluding carboxylic acids is 2. The lowest BCUT2D eigenvalue weighted by atomic mass is 10.1. The van der Waals surface area contributed by atoms with Gasteiger partial charge in [-0.15, -0.1) is 0 Å². The zero-order valence-corrected chi connectivity index (χ0v) is 17.2. The van der Waals surface area contributed by atoms with E-state index in [1.165, 1.54) is 0 Å². The third kappa shape index (κ3) is 5.98. The third-order valence-electron chi connectivity index (χ3n) is 4.71. The lowest BCUT2D eigenvalue weighted by molar-refractivity contribution is -0.117. The molecule has 1 aliphatic carbocycles. The van der Waals surface area contributed by atoms with Gasteiger partial charge in [0.2, 0.25) is 11.8 Å². The highest BCUT2D eigenvalue weighted by atomic mass is 16.5. The summed E-state index contributed by atoms with van der Waals surface area (Å²) in [5.41, 5.74) is 3.05. The van der Waals surface area contributed by atoms with E-state index in [4.69, 9.17) is 4.74 Å². The fourth-order valence-electron chi connectivity index (χ4n) is 2.85. The van der Waals surface area contributed by atoms with Gasteiger partial charge in [-0.1, -0.05) is 32.0 Å². The van der Waals surface area contributed by atoms with Gasteiger partial charge < -0.3 is 20.7 Å². The zero-order chi connectivity index (χ0) is 20.8. The highest BCUT2D eigenvalue weighted by Gasteiger charge is 2.29. The van der Waals surface area contributed by atoms with E-state index in [9.17, 15) is 9.59 Å². The van der Waals surface area contributed by atoms with Gasteiger partial charge in [0.25, 0.3) is 0 Å². The maximum absolute atomic E-state index is 12.5. The molecule has 1 fully saturated rings. The lowest BCUT2D eigenvalue weighted by Gasteiger charge is -2.16. The Bertz CT molecular complexity index is 875. The molecule has 29 heavy (non-hydrogen) atoms. The van der Waals surface area contributed by atoms with Gasteiger partial charge in [-0.05, 0) is 55.5 Å². The van der Waals surface area contributed by atoms with Crippen molar-refractivity contribution in [1.82, 2.24) is 0 Å². The number of amides is 2. The fourth-order valence-corrected chi connectivity index (χ4v) is 2.85. The number of nitrogens with one attached hydrogen (secondary N) is 3. The largest absolute Gasteiger partial charge is 0.491 e. The maximum Gasteiger partial charge on any atom is 0.243 e. The van der Waals surface area contributed by atoms with Crippen LogP contribution in [0.4, 0.5) is 17.1 Å². The number of hydrogen-bond donors (Lipinski definition) is 3. The van der Waals surface area contributed by atoms with Crippen LogP contribution < -0.4 is 20.7 Å². The van der Waals surface area contributed by atoms with E-state index in [2.05, 4.69) is 29.8 Å². The smallest absolute Gasteiger partial charge is 0.243 e. The number of hydrogen-bond acceptors (Lipinski definition) is 4. The Morgan fingerprint density at radius 1 is 1.00 bits per heavy atom. The molecular weight excluding hydrogens is 366 g/mol. The molecule has 2 amide bonds. The molecule has 0 unspecified atom stereocenters. The van der Waals surface area contributed by atoms with Gasteiger partial charge in [-0.2, -0.15) is 0 Å². The summed E-state index contributed by atoms with van der Waals surface area (Å²) in [5, 5.41) is 9.01. The van der Waals surface area contributed by atoms with Crippen LogP contribution in [0.15, 0.2) is 42.5 Å². The van der Waals surface area contributed by atoms with Crippen LogP contribution in [0, 0.1) is 18.8 Å². The average Bonchev–Trinajstić information content (AvgIpc) is 3.54. The van der Waals surface area contributed by atoms with Gasteiger partial charge in [0, 0.05) is 17.3 Å². The van der Waals surface area contributed by atoms with E-state index < -0.39 is 0 Å². The molecule has 0 aromatic heterocycles. The van der Waals surface area contributed by atoms with Crippen LogP contribution in [0.5, 0.6) is 5.75 Å². The highest BCUT2D eigenvalue weighted by molar-refractivity contribution is 5.98. The zero-order valence-electron chi connectivity index (χ0n) is 17.2. The van der Waals surface area contributed by atoms with Gasteiger partial charge in [0.1, 0.15) is 5.75 Å². The van der Waals surface area contributed by atoms with E-state index in [1.54, 1.807) is 0 Å². The van der Waals surface area contributed by atoms with Crippen molar-refractivity contribution in [3.8, 4) is 5.75 Å². The lowest BCUT2D eigenvalue weighted by Crippen LogP contribution is -2.23. The minimum Gasteiger partial charge on any atom is -0.491 e. The topological polar surface area (TPSA) is 79.5 Å². The third-order valence-corrected chi connectivity index (χ3v) is 4.71. The Labute approximate surface area is 172 Å².